The molecule has 6 aliphatic carbocycles. The van der Waals surface area contributed by atoms with Crippen LogP contribution < -0.4 is 0 Å². The predicted molar refractivity (Wildman–Crippen MR) is 181 cm³/mol. The summed E-state index contributed by atoms with van der Waals surface area (Å²) in [5.74, 6) is 11.5. The van der Waals surface area contributed by atoms with Crippen molar-refractivity contribution in [3.05, 3.63) is 77.9 Å². The summed E-state index contributed by atoms with van der Waals surface area (Å²) in [6.07, 6.45) is 19.7. The highest BCUT2D eigenvalue weighted by atomic mass is 16.3. The Morgan fingerprint density at radius 2 is 1.02 bits per heavy atom. The van der Waals surface area contributed by atoms with Gasteiger partial charge in [-0.2, -0.15) is 0 Å². The highest BCUT2D eigenvalue weighted by Crippen LogP contribution is 2.69. The standard InChI is InChI=1S/C43H52O/c1-26-29(15-7-16-30(26)39-22-8-17-31(43(39)44)27-11-3-2-4-12-27)28-23-24-34-37-20-9-18-35-32-13-5-6-14-33(32)36-19-10-21-38(40(34)25-28)42(36)41(35)37/h2-4,7-8,11-12,15-17,22,28,32-38,40-42,44H,5-6,9-10,13-14,18-21,23-25H2,1H3. The van der Waals surface area contributed by atoms with E-state index in [9.17, 15) is 5.11 Å². The molecule has 6 aliphatic rings. The molecule has 0 aromatic heterocycles. The lowest BCUT2D eigenvalue weighted by Crippen LogP contribution is -2.61. The van der Waals surface area contributed by atoms with Crippen molar-refractivity contribution >= 4 is 0 Å². The largest absolute Gasteiger partial charge is 0.507 e. The highest BCUT2D eigenvalue weighted by molar-refractivity contribution is 5.83. The van der Waals surface area contributed by atoms with Crippen molar-refractivity contribution in [3.63, 3.8) is 0 Å². The van der Waals surface area contributed by atoms with Gasteiger partial charge in [0.25, 0.3) is 0 Å². The SMILES string of the molecule is Cc1c(-c2cccc(-c3ccccc3)c2O)cccc1C1CCC2C(C1)C1CCCC3C4CCCCC4C4CCCC2C4C31. The van der Waals surface area contributed by atoms with Gasteiger partial charge in [-0.3, -0.25) is 0 Å². The molecule has 6 saturated carbocycles. The molecule has 11 atom stereocenters. The Morgan fingerprint density at radius 3 is 1.70 bits per heavy atom. The molecule has 0 amide bonds. The normalized spacial score (nSPS) is 39.1. The summed E-state index contributed by atoms with van der Waals surface area (Å²) >= 11 is 0. The lowest BCUT2D eigenvalue weighted by Gasteiger charge is -2.67. The van der Waals surface area contributed by atoms with Crippen molar-refractivity contribution in [1.82, 2.24) is 0 Å². The number of para-hydroxylation sites is 1. The van der Waals surface area contributed by atoms with E-state index in [4.69, 9.17) is 0 Å². The Bertz CT molecular complexity index is 1500. The average Bonchev–Trinajstić information content (AvgIpc) is 3.08. The number of benzene rings is 3. The van der Waals surface area contributed by atoms with E-state index in [0.717, 1.165) is 75.9 Å². The molecule has 44 heavy (non-hydrogen) atoms. The van der Waals surface area contributed by atoms with Gasteiger partial charge in [-0.1, -0.05) is 92.4 Å². The number of hydrogen-bond donors (Lipinski definition) is 1. The fourth-order valence-corrected chi connectivity index (χ4v) is 13.5. The zero-order valence-corrected chi connectivity index (χ0v) is 26.8. The predicted octanol–water partition coefficient (Wildman–Crippen LogP) is 11.4. The van der Waals surface area contributed by atoms with Crippen LogP contribution in [-0.4, -0.2) is 5.11 Å². The second-order valence-corrected chi connectivity index (χ2v) is 16.2. The van der Waals surface area contributed by atoms with Crippen LogP contribution in [0.25, 0.3) is 22.3 Å². The molecular weight excluding hydrogens is 532 g/mol. The lowest BCUT2D eigenvalue weighted by molar-refractivity contribution is -0.188. The van der Waals surface area contributed by atoms with Crippen LogP contribution in [0.4, 0.5) is 0 Å². The second kappa shape index (κ2) is 11.1. The first-order valence-corrected chi connectivity index (χ1v) is 18.7. The Balaban J connectivity index is 1.04. The van der Waals surface area contributed by atoms with Gasteiger partial charge >= 0.3 is 0 Å². The summed E-state index contributed by atoms with van der Waals surface area (Å²) in [5, 5.41) is 11.5. The molecule has 230 valence electrons. The van der Waals surface area contributed by atoms with Gasteiger partial charge in [0.15, 0.2) is 0 Å². The van der Waals surface area contributed by atoms with Crippen LogP contribution in [0.2, 0.25) is 0 Å². The maximum absolute atomic E-state index is 11.5. The third kappa shape index (κ3) is 4.23. The Morgan fingerprint density at radius 1 is 0.477 bits per heavy atom. The monoisotopic (exact) mass is 584 g/mol. The van der Waals surface area contributed by atoms with E-state index in [0.29, 0.717) is 11.7 Å². The minimum absolute atomic E-state index is 0.416. The summed E-state index contributed by atoms with van der Waals surface area (Å²) in [6, 6.07) is 23.6. The topological polar surface area (TPSA) is 20.2 Å². The van der Waals surface area contributed by atoms with E-state index in [1.54, 1.807) is 37.7 Å². The summed E-state index contributed by atoms with van der Waals surface area (Å²) in [6.45, 7) is 2.34. The van der Waals surface area contributed by atoms with Gasteiger partial charge < -0.3 is 5.11 Å². The first-order valence-electron chi connectivity index (χ1n) is 18.7. The second-order valence-electron chi connectivity index (χ2n) is 16.2. The van der Waals surface area contributed by atoms with E-state index in [2.05, 4.69) is 67.6 Å². The van der Waals surface area contributed by atoms with Crippen molar-refractivity contribution < 1.29 is 5.11 Å². The molecule has 6 fully saturated rings. The van der Waals surface area contributed by atoms with E-state index in [1.165, 1.54) is 62.5 Å². The number of phenols is 1. The molecule has 0 bridgehead atoms. The number of rotatable bonds is 3. The first-order chi connectivity index (χ1) is 21.7. The molecule has 1 heteroatoms. The van der Waals surface area contributed by atoms with Crippen molar-refractivity contribution in [2.75, 3.05) is 0 Å². The smallest absolute Gasteiger partial charge is 0.131 e. The summed E-state index contributed by atoms with van der Waals surface area (Å²) in [5.41, 5.74) is 7.16. The minimum Gasteiger partial charge on any atom is -0.507 e. The van der Waals surface area contributed by atoms with Gasteiger partial charge in [0.1, 0.15) is 5.75 Å². The number of aromatic hydroxyl groups is 1. The summed E-state index contributed by atoms with van der Waals surface area (Å²) < 4.78 is 0. The average molecular weight is 585 g/mol. The van der Waals surface area contributed by atoms with Gasteiger partial charge in [-0.25, -0.2) is 0 Å². The maximum Gasteiger partial charge on any atom is 0.131 e. The molecule has 0 saturated heterocycles. The van der Waals surface area contributed by atoms with E-state index in [1.807, 2.05) is 6.07 Å². The molecule has 1 nitrogen and oxygen atoms in total. The molecule has 11 unspecified atom stereocenters. The third-order valence-electron chi connectivity index (χ3n) is 14.8. The van der Waals surface area contributed by atoms with Crippen LogP contribution >= 0.6 is 0 Å². The summed E-state index contributed by atoms with van der Waals surface area (Å²) in [4.78, 5) is 0. The zero-order valence-electron chi connectivity index (χ0n) is 26.8. The molecule has 0 spiro atoms. The first kappa shape index (κ1) is 27.7. The van der Waals surface area contributed by atoms with Crippen LogP contribution in [-0.2, 0) is 0 Å². The van der Waals surface area contributed by atoms with Crippen molar-refractivity contribution in [1.29, 1.82) is 0 Å². The summed E-state index contributed by atoms with van der Waals surface area (Å²) in [7, 11) is 0. The Hall–Kier alpha value is -2.54. The van der Waals surface area contributed by atoms with Gasteiger partial charge in [0, 0.05) is 11.1 Å². The molecule has 0 radical (unpaired) electrons. The molecule has 0 heterocycles. The van der Waals surface area contributed by atoms with Gasteiger partial charge in [0.2, 0.25) is 0 Å². The van der Waals surface area contributed by atoms with Crippen molar-refractivity contribution in [3.8, 4) is 28.0 Å². The lowest BCUT2D eigenvalue weighted by atomic mass is 9.37. The fourth-order valence-electron chi connectivity index (χ4n) is 13.5. The third-order valence-corrected chi connectivity index (χ3v) is 14.8. The molecule has 0 aliphatic heterocycles. The molecular formula is C43H52O. The number of phenolic OH excluding ortho intramolecular Hbond substituents is 1. The number of hydrogen-bond acceptors (Lipinski definition) is 1. The highest BCUT2D eigenvalue weighted by Gasteiger charge is 2.62. The molecule has 3 aromatic carbocycles. The van der Waals surface area contributed by atoms with Crippen LogP contribution in [0, 0.1) is 66.1 Å². The van der Waals surface area contributed by atoms with Crippen LogP contribution in [0.15, 0.2) is 66.7 Å². The van der Waals surface area contributed by atoms with Crippen LogP contribution in [0.3, 0.4) is 0 Å². The maximum atomic E-state index is 11.5. The van der Waals surface area contributed by atoms with Crippen molar-refractivity contribution in [2.45, 2.75) is 96.3 Å². The molecule has 3 aromatic rings. The Kier molecular flexibility index (Phi) is 6.98. The fraction of sp³-hybridized carbons (Fsp3) is 0.581. The van der Waals surface area contributed by atoms with Crippen molar-refractivity contribution in [2.24, 2.45) is 59.2 Å². The van der Waals surface area contributed by atoms with Crippen LogP contribution in [0.5, 0.6) is 5.75 Å². The zero-order chi connectivity index (χ0) is 29.4. The Labute approximate surface area is 265 Å². The van der Waals surface area contributed by atoms with Gasteiger partial charge in [0.05, 0.1) is 0 Å². The van der Waals surface area contributed by atoms with Crippen LogP contribution in [0.1, 0.15) is 101 Å². The van der Waals surface area contributed by atoms with E-state index in [-0.39, 0.29) is 0 Å². The van der Waals surface area contributed by atoms with E-state index < -0.39 is 0 Å². The van der Waals surface area contributed by atoms with Gasteiger partial charge in [-0.15, -0.1) is 0 Å². The number of fused-ring (bicyclic) bond motifs is 6. The molecule has 1 N–H and O–H groups in total. The van der Waals surface area contributed by atoms with E-state index >= 15 is 0 Å². The van der Waals surface area contributed by atoms with Gasteiger partial charge in [-0.05, 0) is 152 Å². The quantitative estimate of drug-likeness (QED) is 0.325. The molecule has 9 rings (SSSR count). The minimum atomic E-state index is 0.416.